The molecule has 4 rings (SSSR count). The zero-order chi connectivity index (χ0) is 19.7. The second-order valence-corrected chi connectivity index (χ2v) is 8.32. The van der Waals surface area contributed by atoms with Crippen molar-refractivity contribution in [3.8, 4) is 5.75 Å². The Hall–Kier alpha value is -2.37. The van der Waals surface area contributed by atoms with Crippen molar-refractivity contribution in [2.24, 2.45) is 5.92 Å². The minimum atomic E-state index is -1.000. The summed E-state index contributed by atoms with van der Waals surface area (Å²) in [6, 6.07) is 16.8. The second kappa shape index (κ2) is 7.57. The molecule has 0 unspecified atom stereocenters. The van der Waals surface area contributed by atoms with Gasteiger partial charge in [-0.3, -0.25) is 9.69 Å². The number of hydrogen-bond donors (Lipinski definition) is 3. The molecule has 1 aliphatic carbocycles. The van der Waals surface area contributed by atoms with E-state index in [2.05, 4.69) is 10.2 Å². The Labute approximate surface area is 166 Å². The van der Waals surface area contributed by atoms with Crippen LogP contribution in [-0.4, -0.2) is 39.2 Å². The molecule has 2 aromatic rings. The Morgan fingerprint density at radius 1 is 1.14 bits per heavy atom. The molecule has 2 aromatic carbocycles. The summed E-state index contributed by atoms with van der Waals surface area (Å²) in [7, 11) is 0. The molecule has 5 nitrogen and oxygen atoms in total. The van der Waals surface area contributed by atoms with Gasteiger partial charge in [-0.25, -0.2) is 0 Å². The van der Waals surface area contributed by atoms with Gasteiger partial charge in [-0.2, -0.15) is 0 Å². The fourth-order valence-electron chi connectivity index (χ4n) is 4.16. The molecule has 1 saturated heterocycles. The molecule has 2 aliphatic rings. The molecule has 2 fully saturated rings. The fourth-order valence-corrected chi connectivity index (χ4v) is 4.16. The number of nitrogens with zero attached hydrogens (tertiary/aromatic N) is 1. The Kier molecular flexibility index (Phi) is 5.13. The van der Waals surface area contributed by atoms with E-state index < -0.39 is 11.6 Å². The fraction of sp³-hybridized carbons (Fsp3) is 0.435. The maximum absolute atomic E-state index is 12.6. The molecule has 1 aliphatic heterocycles. The molecule has 3 N–H and O–H groups in total. The normalized spacial score (nSPS) is 28.1. The lowest BCUT2D eigenvalue weighted by Gasteiger charge is -2.49. The number of para-hydroxylation sites is 1. The molecule has 0 radical (unpaired) electrons. The van der Waals surface area contributed by atoms with Crippen molar-refractivity contribution < 1.29 is 15.0 Å². The highest BCUT2D eigenvalue weighted by atomic mass is 16.3. The number of carbonyl (C=O) groups excluding carboxylic acids is 1. The average molecular weight is 380 g/mol. The molecule has 0 aromatic heterocycles. The summed E-state index contributed by atoms with van der Waals surface area (Å²) in [4.78, 5) is 14.8. The van der Waals surface area contributed by atoms with E-state index in [0.29, 0.717) is 19.5 Å². The van der Waals surface area contributed by atoms with E-state index in [-0.39, 0.29) is 23.6 Å². The summed E-state index contributed by atoms with van der Waals surface area (Å²) in [5.41, 5.74) is 0.900. The van der Waals surface area contributed by atoms with Gasteiger partial charge in [0.15, 0.2) is 0 Å². The largest absolute Gasteiger partial charge is 0.508 e. The van der Waals surface area contributed by atoms with Gasteiger partial charge in [0.25, 0.3) is 0 Å². The molecule has 1 saturated carbocycles. The summed E-state index contributed by atoms with van der Waals surface area (Å²) in [5, 5.41) is 24.6. The highest BCUT2D eigenvalue weighted by Crippen LogP contribution is 2.39. The number of amides is 1. The van der Waals surface area contributed by atoms with Crippen LogP contribution in [0, 0.1) is 5.92 Å². The Morgan fingerprint density at radius 3 is 2.50 bits per heavy atom. The highest BCUT2D eigenvalue weighted by Gasteiger charge is 2.47. The van der Waals surface area contributed by atoms with Crippen LogP contribution < -0.4 is 5.32 Å². The first-order valence-corrected chi connectivity index (χ1v) is 10.0. The van der Waals surface area contributed by atoms with Crippen molar-refractivity contribution in [3.05, 3.63) is 65.7 Å². The molecule has 1 heterocycles. The van der Waals surface area contributed by atoms with Gasteiger partial charge in [0.2, 0.25) is 5.91 Å². The van der Waals surface area contributed by atoms with E-state index in [4.69, 9.17) is 0 Å². The van der Waals surface area contributed by atoms with Crippen LogP contribution in [0.2, 0.25) is 0 Å². The number of benzene rings is 2. The predicted molar refractivity (Wildman–Crippen MR) is 108 cm³/mol. The first-order chi connectivity index (χ1) is 13.5. The first-order valence-electron chi connectivity index (χ1n) is 10.0. The summed E-state index contributed by atoms with van der Waals surface area (Å²) >= 11 is 0. The average Bonchev–Trinajstić information content (AvgIpc) is 3.52. The van der Waals surface area contributed by atoms with Crippen LogP contribution in [0.1, 0.15) is 43.4 Å². The van der Waals surface area contributed by atoms with Crippen LogP contribution in [0.4, 0.5) is 0 Å². The lowest BCUT2D eigenvalue weighted by atomic mass is 9.79. The minimum absolute atomic E-state index is 0.0376. The van der Waals surface area contributed by atoms with Crippen molar-refractivity contribution in [1.29, 1.82) is 0 Å². The van der Waals surface area contributed by atoms with Gasteiger partial charge in [-0.15, -0.1) is 0 Å². The van der Waals surface area contributed by atoms with E-state index in [1.807, 2.05) is 55.5 Å². The summed E-state index contributed by atoms with van der Waals surface area (Å²) in [6.07, 6.45) is 2.41. The van der Waals surface area contributed by atoms with Crippen LogP contribution in [-0.2, 0) is 11.3 Å². The number of rotatable bonds is 5. The van der Waals surface area contributed by atoms with Crippen molar-refractivity contribution in [3.63, 3.8) is 0 Å². The number of phenolic OH excluding ortho intramolecular Hbond substituents is 1. The number of likely N-dealkylation sites (tertiary alicyclic amines) is 1. The Morgan fingerprint density at radius 2 is 1.82 bits per heavy atom. The molecule has 1 amide bonds. The van der Waals surface area contributed by atoms with Crippen LogP contribution in [0.15, 0.2) is 54.6 Å². The maximum Gasteiger partial charge on any atom is 0.223 e. The summed E-state index contributed by atoms with van der Waals surface area (Å²) in [5.74, 6) is 0.390. The zero-order valence-corrected chi connectivity index (χ0v) is 16.2. The van der Waals surface area contributed by atoms with Crippen LogP contribution in [0.5, 0.6) is 5.75 Å². The van der Waals surface area contributed by atoms with Gasteiger partial charge in [-0.05, 0) is 37.8 Å². The number of phenols is 1. The SMILES string of the molecule is C[C@@]1(O)CCN(Cc2ccccc2O)[C@@H](c2ccccc2)[C@@H]1NC(=O)C1CC1. The maximum atomic E-state index is 12.6. The topological polar surface area (TPSA) is 72.8 Å². The van der Waals surface area contributed by atoms with Crippen molar-refractivity contribution in [1.82, 2.24) is 10.2 Å². The van der Waals surface area contributed by atoms with Gasteiger partial charge in [-0.1, -0.05) is 48.5 Å². The number of carbonyl (C=O) groups is 1. The lowest BCUT2D eigenvalue weighted by molar-refractivity contribution is -0.130. The lowest BCUT2D eigenvalue weighted by Crippen LogP contribution is -2.62. The van der Waals surface area contributed by atoms with Crippen LogP contribution in [0.25, 0.3) is 0 Å². The quantitative estimate of drug-likeness (QED) is 0.746. The number of aliphatic hydroxyl groups is 1. The van der Waals surface area contributed by atoms with Crippen molar-refractivity contribution in [2.45, 2.75) is 50.4 Å². The number of hydrogen-bond acceptors (Lipinski definition) is 4. The molecule has 5 heteroatoms. The number of nitrogens with one attached hydrogen (secondary N) is 1. The smallest absolute Gasteiger partial charge is 0.223 e. The molecule has 148 valence electrons. The number of piperidine rings is 1. The highest BCUT2D eigenvalue weighted by molar-refractivity contribution is 5.81. The third-order valence-corrected chi connectivity index (χ3v) is 6.04. The van der Waals surface area contributed by atoms with Gasteiger partial charge in [0, 0.05) is 24.6 Å². The third kappa shape index (κ3) is 3.91. The van der Waals surface area contributed by atoms with Gasteiger partial charge in [0.05, 0.1) is 17.7 Å². The second-order valence-electron chi connectivity index (χ2n) is 8.32. The minimum Gasteiger partial charge on any atom is -0.508 e. The Bertz CT molecular complexity index is 833. The van der Waals surface area contributed by atoms with Gasteiger partial charge >= 0.3 is 0 Å². The van der Waals surface area contributed by atoms with Gasteiger partial charge < -0.3 is 15.5 Å². The molecular formula is C23H28N2O3. The summed E-state index contributed by atoms with van der Waals surface area (Å²) < 4.78 is 0. The van der Waals surface area contributed by atoms with Crippen molar-refractivity contribution in [2.75, 3.05) is 6.54 Å². The molecule has 28 heavy (non-hydrogen) atoms. The van der Waals surface area contributed by atoms with Crippen molar-refractivity contribution >= 4 is 5.91 Å². The van der Waals surface area contributed by atoms with E-state index >= 15 is 0 Å². The van der Waals surface area contributed by atoms with Crippen LogP contribution in [0.3, 0.4) is 0 Å². The molecule has 0 spiro atoms. The first kappa shape index (κ1) is 19.0. The molecule has 0 bridgehead atoms. The molecule has 3 atom stereocenters. The van der Waals surface area contributed by atoms with E-state index in [1.54, 1.807) is 6.07 Å². The van der Waals surface area contributed by atoms with Crippen LogP contribution >= 0.6 is 0 Å². The van der Waals surface area contributed by atoms with Gasteiger partial charge in [0.1, 0.15) is 5.75 Å². The standard InChI is InChI=1S/C23H28N2O3/c1-23(28)13-14-25(15-18-9-5-6-10-19(18)26)20(16-7-3-2-4-8-16)21(23)24-22(27)17-11-12-17/h2-10,17,20-21,26,28H,11-15H2,1H3,(H,24,27)/t20-,21-,23+/m0/s1. The monoisotopic (exact) mass is 380 g/mol. The number of aromatic hydroxyl groups is 1. The summed E-state index contributed by atoms with van der Waals surface area (Å²) in [6.45, 7) is 3.05. The van der Waals surface area contributed by atoms with E-state index in [1.165, 1.54) is 0 Å². The Balaban J connectivity index is 1.68. The zero-order valence-electron chi connectivity index (χ0n) is 16.2. The van der Waals surface area contributed by atoms with E-state index in [0.717, 1.165) is 24.0 Å². The van der Waals surface area contributed by atoms with E-state index in [9.17, 15) is 15.0 Å². The third-order valence-electron chi connectivity index (χ3n) is 6.04. The molecular weight excluding hydrogens is 352 g/mol. The predicted octanol–water partition coefficient (Wildman–Crippen LogP) is 2.99.